The van der Waals surface area contributed by atoms with E-state index < -0.39 is 5.97 Å². The summed E-state index contributed by atoms with van der Waals surface area (Å²) in [6.07, 6.45) is 0. The molecule has 0 N–H and O–H groups in total. The first-order chi connectivity index (χ1) is 8.84. The fourth-order valence-electron chi connectivity index (χ4n) is 0.995. The van der Waals surface area contributed by atoms with Gasteiger partial charge in [0.1, 0.15) is 0 Å². The molecule has 0 saturated carbocycles. The summed E-state index contributed by atoms with van der Waals surface area (Å²) >= 11 is 0. The Labute approximate surface area is 105 Å². The maximum Gasteiger partial charge on any atom is 0.339 e. The van der Waals surface area contributed by atoms with Crippen molar-refractivity contribution in [3.63, 3.8) is 0 Å². The van der Waals surface area contributed by atoms with Crippen LogP contribution in [-0.2, 0) is 14.3 Å². The summed E-state index contributed by atoms with van der Waals surface area (Å²) in [7, 11) is 0. The molecule has 0 aliphatic heterocycles. The fraction of sp³-hybridized carbons (Fsp3) is 0.143. The van der Waals surface area contributed by atoms with E-state index >= 15 is 0 Å². The lowest BCUT2D eigenvalue weighted by Crippen LogP contribution is -2.04. The van der Waals surface area contributed by atoms with Gasteiger partial charge in [0, 0.05) is 0 Å². The molecule has 4 heteroatoms. The number of hydrogen-bond donors (Lipinski definition) is 0. The number of benzene rings is 1. The molecule has 4 nitrogen and oxygen atoms in total. The Morgan fingerprint density at radius 2 is 1.78 bits per heavy atom. The molecule has 18 heavy (non-hydrogen) atoms. The van der Waals surface area contributed by atoms with E-state index in [9.17, 15) is 9.59 Å². The molecule has 0 amide bonds. The molecule has 0 fully saturated rings. The third kappa shape index (κ3) is 5.39. The van der Waals surface area contributed by atoms with Gasteiger partial charge in [-0.3, -0.25) is 4.79 Å². The second kappa shape index (κ2) is 8.43. The standard InChI is InChI=1S/C14H10O4/c15-12-17-10-6-1-2-7-11-18-14(16)13-8-4-3-5-9-13/h3-5,8-9,12H,10-11H2. The van der Waals surface area contributed by atoms with Gasteiger partial charge in [-0.2, -0.15) is 0 Å². The minimum atomic E-state index is -0.429. The van der Waals surface area contributed by atoms with Crippen LogP contribution in [-0.4, -0.2) is 25.7 Å². The van der Waals surface area contributed by atoms with E-state index in [4.69, 9.17) is 4.74 Å². The summed E-state index contributed by atoms with van der Waals surface area (Å²) in [6.45, 7) is 0.280. The van der Waals surface area contributed by atoms with E-state index in [1.165, 1.54) is 0 Å². The van der Waals surface area contributed by atoms with Crippen molar-refractivity contribution >= 4 is 12.4 Å². The van der Waals surface area contributed by atoms with Gasteiger partial charge in [-0.25, -0.2) is 4.79 Å². The largest absolute Gasteiger partial charge is 0.455 e. The van der Waals surface area contributed by atoms with Crippen LogP contribution in [0.3, 0.4) is 0 Å². The van der Waals surface area contributed by atoms with Crippen LogP contribution in [0.4, 0.5) is 0 Å². The van der Waals surface area contributed by atoms with E-state index in [0.29, 0.717) is 12.0 Å². The molecule has 0 heterocycles. The minimum absolute atomic E-state index is 0.00197. The van der Waals surface area contributed by atoms with Crippen molar-refractivity contribution in [2.24, 2.45) is 0 Å². The summed E-state index contributed by atoms with van der Waals surface area (Å²) in [4.78, 5) is 21.2. The summed E-state index contributed by atoms with van der Waals surface area (Å²) in [5, 5.41) is 0. The third-order valence-electron chi connectivity index (χ3n) is 1.75. The van der Waals surface area contributed by atoms with Gasteiger partial charge < -0.3 is 9.47 Å². The van der Waals surface area contributed by atoms with Crippen LogP contribution in [0, 0.1) is 23.7 Å². The topological polar surface area (TPSA) is 52.6 Å². The Kier molecular flexibility index (Phi) is 6.25. The average Bonchev–Trinajstić information content (AvgIpc) is 2.42. The van der Waals surface area contributed by atoms with Gasteiger partial charge >= 0.3 is 5.97 Å². The number of ether oxygens (including phenoxy) is 2. The Bertz CT molecular complexity index is 511. The molecule has 0 aliphatic rings. The van der Waals surface area contributed by atoms with Gasteiger partial charge in [-0.05, 0) is 35.8 Å². The fourth-order valence-corrected chi connectivity index (χ4v) is 0.995. The van der Waals surface area contributed by atoms with Crippen LogP contribution in [0.5, 0.6) is 0 Å². The lowest BCUT2D eigenvalue weighted by molar-refractivity contribution is -0.127. The predicted octanol–water partition coefficient (Wildman–Crippen LogP) is 1.02. The molecule has 0 radical (unpaired) electrons. The first-order valence-corrected chi connectivity index (χ1v) is 5.07. The number of carbonyl (C=O) groups excluding carboxylic acids is 2. The zero-order chi connectivity index (χ0) is 13.1. The van der Waals surface area contributed by atoms with Crippen LogP contribution in [0.1, 0.15) is 10.4 Å². The molecule has 0 saturated heterocycles. The highest BCUT2D eigenvalue weighted by atomic mass is 16.5. The first kappa shape index (κ1) is 13.3. The van der Waals surface area contributed by atoms with Crippen LogP contribution >= 0.6 is 0 Å². The van der Waals surface area contributed by atoms with Gasteiger partial charge in [0.25, 0.3) is 6.47 Å². The molecule has 0 aliphatic carbocycles. The quantitative estimate of drug-likeness (QED) is 0.342. The lowest BCUT2D eigenvalue weighted by atomic mass is 10.2. The monoisotopic (exact) mass is 242 g/mol. The summed E-state index contributed by atoms with van der Waals surface area (Å²) < 4.78 is 9.22. The van der Waals surface area contributed by atoms with Gasteiger partial charge in [-0.1, -0.05) is 18.2 Å². The number of rotatable bonds is 4. The van der Waals surface area contributed by atoms with E-state index in [-0.39, 0.29) is 13.2 Å². The summed E-state index contributed by atoms with van der Waals surface area (Å²) in [6, 6.07) is 8.63. The third-order valence-corrected chi connectivity index (χ3v) is 1.75. The van der Waals surface area contributed by atoms with Crippen molar-refractivity contribution in [2.45, 2.75) is 0 Å². The van der Waals surface area contributed by atoms with Gasteiger partial charge in [0.15, 0.2) is 13.2 Å². The Hall–Kier alpha value is -2.72. The van der Waals surface area contributed by atoms with Crippen LogP contribution in [0.25, 0.3) is 0 Å². The molecule has 1 rings (SSSR count). The van der Waals surface area contributed by atoms with Crippen LogP contribution in [0.15, 0.2) is 30.3 Å². The van der Waals surface area contributed by atoms with Crippen molar-refractivity contribution in [3.05, 3.63) is 35.9 Å². The first-order valence-electron chi connectivity index (χ1n) is 5.07. The second-order valence-electron chi connectivity index (χ2n) is 2.95. The van der Waals surface area contributed by atoms with Crippen molar-refractivity contribution < 1.29 is 19.1 Å². The molecule has 1 aromatic rings. The maximum absolute atomic E-state index is 11.4. The molecule has 1 aromatic carbocycles. The molecule has 0 atom stereocenters. The number of esters is 1. The Balaban J connectivity index is 2.29. The van der Waals surface area contributed by atoms with E-state index in [1.807, 2.05) is 6.07 Å². The van der Waals surface area contributed by atoms with Gasteiger partial charge in [-0.15, -0.1) is 0 Å². The minimum Gasteiger partial charge on any atom is -0.455 e. The summed E-state index contributed by atoms with van der Waals surface area (Å²) in [5.74, 6) is 9.53. The van der Waals surface area contributed by atoms with E-state index in [2.05, 4.69) is 28.4 Å². The van der Waals surface area contributed by atoms with Crippen molar-refractivity contribution in [1.82, 2.24) is 0 Å². The van der Waals surface area contributed by atoms with E-state index in [0.717, 1.165) is 0 Å². The molecule has 0 aromatic heterocycles. The lowest BCUT2D eigenvalue weighted by Gasteiger charge is -1.98. The van der Waals surface area contributed by atoms with Crippen molar-refractivity contribution in [3.8, 4) is 23.7 Å². The molecule has 0 spiro atoms. The normalized spacial score (nSPS) is 8.00. The maximum atomic E-state index is 11.4. The highest BCUT2D eigenvalue weighted by Gasteiger charge is 2.03. The van der Waals surface area contributed by atoms with Crippen molar-refractivity contribution in [1.29, 1.82) is 0 Å². The van der Waals surface area contributed by atoms with Crippen LogP contribution in [0.2, 0.25) is 0 Å². The SMILES string of the molecule is O=COCC#CC#CCOC(=O)c1ccccc1. The van der Waals surface area contributed by atoms with Gasteiger partial charge in [0.05, 0.1) is 5.56 Å². The zero-order valence-corrected chi connectivity index (χ0v) is 9.51. The van der Waals surface area contributed by atoms with Gasteiger partial charge in [0.2, 0.25) is 0 Å². The highest BCUT2D eigenvalue weighted by Crippen LogP contribution is 2.00. The molecule has 90 valence electrons. The Morgan fingerprint density at radius 1 is 1.11 bits per heavy atom. The average molecular weight is 242 g/mol. The second-order valence-corrected chi connectivity index (χ2v) is 2.95. The predicted molar refractivity (Wildman–Crippen MR) is 64.3 cm³/mol. The highest BCUT2D eigenvalue weighted by molar-refractivity contribution is 5.89. The van der Waals surface area contributed by atoms with Crippen LogP contribution < -0.4 is 0 Å². The van der Waals surface area contributed by atoms with Crippen molar-refractivity contribution in [2.75, 3.05) is 13.2 Å². The summed E-state index contributed by atoms with van der Waals surface area (Å²) in [5.41, 5.74) is 0.477. The number of carbonyl (C=O) groups is 2. The Morgan fingerprint density at radius 3 is 2.44 bits per heavy atom. The van der Waals surface area contributed by atoms with E-state index in [1.54, 1.807) is 24.3 Å². The zero-order valence-electron chi connectivity index (χ0n) is 9.51. The molecular weight excluding hydrogens is 232 g/mol. The number of hydrogen-bond acceptors (Lipinski definition) is 4. The molecule has 0 unspecified atom stereocenters. The smallest absolute Gasteiger partial charge is 0.339 e. The molecular formula is C14H10O4. The molecule has 0 bridgehead atoms.